The Morgan fingerprint density at radius 1 is 1.45 bits per heavy atom. The number of rotatable bonds is 4. The van der Waals surface area contributed by atoms with Crippen LogP contribution in [0.25, 0.3) is 0 Å². The molecule has 0 aromatic rings. The number of nitrogens with two attached hydrogens (primary N) is 1. The Morgan fingerprint density at radius 3 is 2.60 bits per heavy atom. The predicted octanol–water partition coefficient (Wildman–Crippen LogP) is -2.04. The monoisotopic (exact) mass is 284 g/mol. The molecule has 4 N–H and O–H groups in total. The van der Waals surface area contributed by atoms with Crippen molar-refractivity contribution in [3.63, 3.8) is 0 Å². The van der Waals surface area contributed by atoms with Crippen molar-refractivity contribution in [3.8, 4) is 0 Å². The van der Waals surface area contributed by atoms with Crippen LogP contribution in [-0.2, 0) is 19.2 Å². The number of imide groups is 1. The smallest absolute Gasteiger partial charge is 0.249 e. The van der Waals surface area contributed by atoms with Crippen molar-refractivity contribution in [2.75, 3.05) is 13.1 Å². The van der Waals surface area contributed by atoms with Crippen LogP contribution in [0.1, 0.15) is 20.8 Å². The normalized spacial score (nSPS) is 20.6. The predicted molar refractivity (Wildman–Crippen MR) is 70.1 cm³/mol. The highest BCUT2D eigenvalue weighted by Crippen LogP contribution is 2.05. The van der Waals surface area contributed by atoms with E-state index in [0.29, 0.717) is 0 Å². The van der Waals surface area contributed by atoms with Crippen LogP contribution >= 0.6 is 0 Å². The molecule has 20 heavy (non-hydrogen) atoms. The second kappa shape index (κ2) is 6.47. The van der Waals surface area contributed by atoms with Crippen molar-refractivity contribution in [2.45, 2.75) is 32.9 Å². The van der Waals surface area contributed by atoms with Crippen molar-refractivity contribution in [3.05, 3.63) is 0 Å². The molecule has 8 nitrogen and oxygen atoms in total. The SMILES string of the molecule is CC(C)[C@H](N)C(=O)NCC(=O)N1CC(=O)NC(=O)C1C. The van der Waals surface area contributed by atoms with E-state index < -0.39 is 35.7 Å². The average molecular weight is 284 g/mol. The zero-order valence-corrected chi connectivity index (χ0v) is 11.8. The van der Waals surface area contributed by atoms with Crippen molar-refractivity contribution in [2.24, 2.45) is 11.7 Å². The molecule has 1 unspecified atom stereocenters. The van der Waals surface area contributed by atoms with E-state index in [1.807, 2.05) is 0 Å². The molecule has 0 saturated carbocycles. The second-order valence-electron chi connectivity index (χ2n) is 5.10. The molecule has 8 heteroatoms. The molecule has 0 aromatic heterocycles. The van der Waals surface area contributed by atoms with Gasteiger partial charge in [-0.3, -0.25) is 24.5 Å². The molecule has 4 amide bonds. The van der Waals surface area contributed by atoms with Crippen molar-refractivity contribution in [1.29, 1.82) is 0 Å². The molecule has 112 valence electrons. The maximum Gasteiger partial charge on any atom is 0.249 e. The Kier molecular flexibility index (Phi) is 5.20. The summed E-state index contributed by atoms with van der Waals surface area (Å²) in [5.74, 6) is -2.04. The minimum atomic E-state index is -0.740. The number of hydrogen-bond donors (Lipinski definition) is 3. The highest BCUT2D eigenvalue weighted by atomic mass is 16.2. The number of carbonyl (C=O) groups is 4. The van der Waals surface area contributed by atoms with Crippen LogP contribution < -0.4 is 16.4 Å². The van der Waals surface area contributed by atoms with Gasteiger partial charge in [0.15, 0.2) is 0 Å². The molecular formula is C12H20N4O4. The number of piperazine rings is 1. The van der Waals surface area contributed by atoms with Gasteiger partial charge in [-0.15, -0.1) is 0 Å². The van der Waals surface area contributed by atoms with E-state index in [0.717, 1.165) is 4.90 Å². The molecule has 1 aliphatic heterocycles. The highest BCUT2D eigenvalue weighted by Gasteiger charge is 2.33. The molecule has 1 rings (SSSR count). The summed E-state index contributed by atoms with van der Waals surface area (Å²) in [4.78, 5) is 47.3. The number of carbonyl (C=O) groups excluding carboxylic acids is 4. The van der Waals surface area contributed by atoms with Crippen LogP contribution in [0.2, 0.25) is 0 Å². The van der Waals surface area contributed by atoms with E-state index >= 15 is 0 Å². The Bertz CT molecular complexity index is 435. The average Bonchev–Trinajstić information content (AvgIpc) is 2.38. The third kappa shape index (κ3) is 3.77. The first-order valence-electron chi connectivity index (χ1n) is 6.40. The van der Waals surface area contributed by atoms with Gasteiger partial charge < -0.3 is 16.0 Å². The van der Waals surface area contributed by atoms with Crippen molar-refractivity contribution < 1.29 is 19.2 Å². The van der Waals surface area contributed by atoms with Gasteiger partial charge in [-0.25, -0.2) is 0 Å². The van der Waals surface area contributed by atoms with Crippen LogP contribution in [0.15, 0.2) is 0 Å². The summed E-state index contributed by atoms with van der Waals surface area (Å²) in [5.41, 5.74) is 5.64. The summed E-state index contributed by atoms with van der Waals surface area (Å²) in [7, 11) is 0. The third-order valence-electron chi connectivity index (χ3n) is 3.18. The molecule has 1 aliphatic rings. The van der Waals surface area contributed by atoms with Gasteiger partial charge in [-0.05, 0) is 12.8 Å². The lowest BCUT2D eigenvalue weighted by atomic mass is 10.1. The number of hydrogen-bond acceptors (Lipinski definition) is 5. The molecule has 1 saturated heterocycles. The fraction of sp³-hybridized carbons (Fsp3) is 0.667. The summed E-state index contributed by atoms with van der Waals surface area (Å²) in [6.07, 6.45) is 0. The zero-order valence-electron chi connectivity index (χ0n) is 11.8. The second-order valence-corrected chi connectivity index (χ2v) is 5.10. The topological polar surface area (TPSA) is 122 Å². The first-order chi connectivity index (χ1) is 9.23. The van der Waals surface area contributed by atoms with E-state index in [1.165, 1.54) is 6.92 Å². The van der Waals surface area contributed by atoms with Crippen LogP contribution in [0.3, 0.4) is 0 Å². The third-order valence-corrected chi connectivity index (χ3v) is 3.18. The Balaban J connectivity index is 2.56. The van der Waals surface area contributed by atoms with Gasteiger partial charge in [0.1, 0.15) is 12.6 Å². The van der Waals surface area contributed by atoms with Gasteiger partial charge >= 0.3 is 0 Å². The van der Waals surface area contributed by atoms with E-state index in [-0.39, 0.29) is 19.0 Å². The lowest BCUT2D eigenvalue weighted by molar-refractivity contribution is -0.149. The molecule has 2 atom stereocenters. The number of nitrogens with one attached hydrogen (secondary N) is 2. The van der Waals surface area contributed by atoms with Crippen LogP contribution in [0.5, 0.6) is 0 Å². The molecule has 0 radical (unpaired) electrons. The molecule has 0 bridgehead atoms. The Morgan fingerprint density at radius 2 is 2.05 bits per heavy atom. The van der Waals surface area contributed by atoms with Gasteiger partial charge in [-0.1, -0.05) is 13.8 Å². The zero-order chi connectivity index (χ0) is 15.4. The lowest BCUT2D eigenvalue weighted by Crippen LogP contribution is -2.60. The maximum absolute atomic E-state index is 11.9. The van der Waals surface area contributed by atoms with Gasteiger partial charge in [0.05, 0.1) is 12.6 Å². The molecule has 0 spiro atoms. The minimum Gasteiger partial charge on any atom is -0.346 e. The van der Waals surface area contributed by atoms with Gasteiger partial charge in [0.25, 0.3) is 0 Å². The summed E-state index contributed by atoms with van der Waals surface area (Å²) >= 11 is 0. The summed E-state index contributed by atoms with van der Waals surface area (Å²) in [6, 6.07) is -1.44. The molecule has 0 aromatic carbocycles. The molecular weight excluding hydrogens is 264 g/mol. The van der Waals surface area contributed by atoms with Gasteiger partial charge in [-0.2, -0.15) is 0 Å². The summed E-state index contributed by atoms with van der Waals surface area (Å²) in [6.45, 7) is 4.62. The summed E-state index contributed by atoms with van der Waals surface area (Å²) in [5, 5.41) is 4.55. The fourth-order valence-corrected chi connectivity index (χ4v) is 1.70. The van der Waals surface area contributed by atoms with Crippen LogP contribution in [0.4, 0.5) is 0 Å². The molecule has 0 aliphatic carbocycles. The number of nitrogens with zero attached hydrogens (tertiary/aromatic N) is 1. The molecule has 1 fully saturated rings. The highest BCUT2D eigenvalue weighted by molar-refractivity contribution is 6.04. The van der Waals surface area contributed by atoms with E-state index in [9.17, 15) is 19.2 Å². The van der Waals surface area contributed by atoms with Gasteiger partial charge in [0, 0.05) is 0 Å². The molecule has 1 heterocycles. The van der Waals surface area contributed by atoms with E-state index in [4.69, 9.17) is 5.73 Å². The van der Waals surface area contributed by atoms with Crippen LogP contribution in [0, 0.1) is 5.92 Å². The number of amides is 4. The van der Waals surface area contributed by atoms with E-state index in [1.54, 1.807) is 13.8 Å². The fourth-order valence-electron chi connectivity index (χ4n) is 1.70. The van der Waals surface area contributed by atoms with Crippen LogP contribution in [-0.4, -0.2) is 53.7 Å². The first-order valence-corrected chi connectivity index (χ1v) is 6.40. The first kappa shape index (κ1) is 16.1. The quantitative estimate of drug-likeness (QED) is 0.513. The maximum atomic E-state index is 11.9. The van der Waals surface area contributed by atoms with Gasteiger partial charge in [0.2, 0.25) is 23.6 Å². The standard InChI is InChI=1S/C12H20N4O4/c1-6(2)10(13)12(20)14-4-9(18)16-5-8(17)15-11(19)7(16)3/h6-7,10H,4-5,13H2,1-3H3,(H,14,20)(H,15,17,19)/t7?,10-/m0/s1. The van der Waals surface area contributed by atoms with Crippen molar-refractivity contribution >= 4 is 23.6 Å². The van der Waals surface area contributed by atoms with Crippen molar-refractivity contribution in [1.82, 2.24) is 15.5 Å². The Hall–Kier alpha value is -1.96. The Labute approximate surface area is 117 Å². The largest absolute Gasteiger partial charge is 0.346 e. The lowest BCUT2D eigenvalue weighted by Gasteiger charge is -2.31. The minimum absolute atomic E-state index is 0.0497. The van der Waals surface area contributed by atoms with E-state index in [2.05, 4.69) is 10.6 Å². The summed E-state index contributed by atoms with van der Waals surface area (Å²) < 4.78 is 0.